The van der Waals surface area contributed by atoms with Gasteiger partial charge in [0.1, 0.15) is 0 Å². The Morgan fingerprint density at radius 1 is 1.42 bits per heavy atom. The molecule has 0 saturated heterocycles. The van der Waals surface area contributed by atoms with Gasteiger partial charge in [-0.05, 0) is 32.4 Å². The van der Waals surface area contributed by atoms with Crippen molar-refractivity contribution in [1.82, 2.24) is 5.32 Å². The van der Waals surface area contributed by atoms with E-state index in [1.807, 2.05) is 12.2 Å². The zero-order valence-corrected chi connectivity index (χ0v) is 7.92. The third-order valence-corrected chi connectivity index (χ3v) is 1.68. The Morgan fingerprint density at radius 3 is 2.75 bits per heavy atom. The predicted octanol–water partition coefficient (Wildman–Crippen LogP) is 3.02. The lowest BCUT2D eigenvalue weighted by molar-refractivity contribution is 0.564. The Labute approximate surface area is 75.9 Å². The normalized spacial score (nSPS) is 12.8. The van der Waals surface area contributed by atoms with E-state index < -0.39 is 0 Å². The number of hydrogen-bond donors (Lipinski definition) is 1. The van der Waals surface area contributed by atoms with Crippen LogP contribution in [0.5, 0.6) is 0 Å². The fourth-order valence-corrected chi connectivity index (χ4v) is 1.02. The van der Waals surface area contributed by atoms with Crippen molar-refractivity contribution in [2.45, 2.75) is 32.2 Å². The minimum Gasteiger partial charge on any atom is -0.389 e. The minimum absolute atomic E-state index is 0.541. The maximum atomic E-state index is 3.62. The minimum atomic E-state index is 0.541. The fraction of sp³-hybridized carbons (Fsp3) is 0.455. The summed E-state index contributed by atoms with van der Waals surface area (Å²) in [6.45, 7) is 9.40. The highest BCUT2D eigenvalue weighted by atomic mass is 14.9. The van der Waals surface area contributed by atoms with Crippen molar-refractivity contribution in [3.63, 3.8) is 0 Å². The maximum Gasteiger partial charge on any atom is 0.0227 e. The van der Waals surface area contributed by atoms with Gasteiger partial charge in [0.15, 0.2) is 0 Å². The number of hydrogen-bond acceptors (Lipinski definition) is 1. The zero-order chi connectivity index (χ0) is 9.23. The van der Waals surface area contributed by atoms with Crippen LogP contribution in [0, 0.1) is 0 Å². The average Bonchev–Trinajstić information content (AvgIpc) is 2.05. The topological polar surface area (TPSA) is 12.0 Å². The van der Waals surface area contributed by atoms with Crippen LogP contribution in [0.2, 0.25) is 0 Å². The van der Waals surface area contributed by atoms with Gasteiger partial charge < -0.3 is 5.32 Å². The van der Waals surface area contributed by atoms with Gasteiger partial charge in [-0.3, -0.25) is 0 Å². The van der Waals surface area contributed by atoms with Crippen molar-refractivity contribution in [2.24, 2.45) is 0 Å². The Hall–Kier alpha value is -0.980. The van der Waals surface area contributed by atoms with Gasteiger partial charge in [-0.25, -0.2) is 0 Å². The van der Waals surface area contributed by atoms with E-state index in [1.165, 1.54) is 12.8 Å². The lowest BCUT2D eigenvalue weighted by atomic mass is 10.1. The third kappa shape index (κ3) is 7.13. The molecule has 0 saturated carbocycles. The zero-order valence-electron chi connectivity index (χ0n) is 7.92. The van der Waals surface area contributed by atoms with Crippen LogP contribution in [0.3, 0.4) is 0 Å². The molecule has 0 amide bonds. The lowest BCUT2D eigenvalue weighted by Crippen LogP contribution is -2.19. The average molecular weight is 165 g/mol. The standard InChI is InChI=1S/C11H19N/c1-4-6-7-8-9-10-11(3)12-5-2/h4-7,11-12H,1-2,8-10H2,3H3/b7-6+. The van der Waals surface area contributed by atoms with Crippen LogP contribution in [0.1, 0.15) is 26.2 Å². The molecule has 0 aliphatic carbocycles. The summed E-state index contributed by atoms with van der Waals surface area (Å²) in [6, 6.07) is 0.541. The van der Waals surface area contributed by atoms with E-state index in [0.29, 0.717) is 6.04 Å². The Morgan fingerprint density at radius 2 is 2.17 bits per heavy atom. The summed E-state index contributed by atoms with van der Waals surface area (Å²) >= 11 is 0. The molecule has 1 atom stereocenters. The van der Waals surface area contributed by atoms with E-state index in [-0.39, 0.29) is 0 Å². The SMILES string of the molecule is C=C/C=C/CCCC(C)NC=C. The molecule has 0 spiro atoms. The molecular weight excluding hydrogens is 146 g/mol. The first kappa shape index (κ1) is 11.0. The summed E-state index contributed by atoms with van der Waals surface area (Å²) in [5, 5.41) is 3.16. The summed E-state index contributed by atoms with van der Waals surface area (Å²) in [6.07, 6.45) is 11.2. The van der Waals surface area contributed by atoms with Crippen molar-refractivity contribution in [3.8, 4) is 0 Å². The largest absolute Gasteiger partial charge is 0.389 e. The van der Waals surface area contributed by atoms with E-state index in [2.05, 4.69) is 31.5 Å². The third-order valence-electron chi connectivity index (χ3n) is 1.68. The van der Waals surface area contributed by atoms with Crippen LogP contribution in [0.4, 0.5) is 0 Å². The van der Waals surface area contributed by atoms with E-state index in [4.69, 9.17) is 0 Å². The Kier molecular flexibility index (Phi) is 7.46. The first-order chi connectivity index (χ1) is 5.81. The van der Waals surface area contributed by atoms with Crippen LogP contribution in [-0.2, 0) is 0 Å². The summed E-state index contributed by atoms with van der Waals surface area (Å²) in [5.41, 5.74) is 0. The predicted molar refractivity (Wildman–Crippen MR) is 56.0 cm³/mol. The number of nitrogens with one attached hydrogen (secondary N) is 1. The molecule has 1 N–H and O–H groups in total. The van der Waals surface area contributed by atoms with Gasteiger partial charge in [-0.2, -0.15) is 0 Å². The van der Waals surface area contributed by atoms with Crippen molar-refractivity contribution < 1.29 is 0 Å². The van der Waals surface area contributed by atoms with Crippen LogP contribution >= 0.6 is 0 Å². The van der Waals surface area contributed by atoms with E-state index in [1.54, 1.807) is 6.20 Å². The van der Waals surface area contributed by atoms with Crippen molar-refractivity contribution >= 4 is 0 Å². The second-order valence-electron chi connectivity index (χ2n) is 2.87. The molecule has 0 bridgehead atoms. The summed E-state index contributed by atoms with van der Waals surface area (Å²) in [5.74, 6) is 0. The van der Waals surface area contributed by atoms with Gasteiger partial charge in [0.05, 0.1) is 0 Å². The Bertz CT molecular complexity index is 147. The molecule has 0 aromatic heterocycles. The molecule has 0 rings (SSSR count). The number of allylic oxidation sites excluding steroid dienone is 3. The van der Waals surface area contributed by atoms with Gasteiger partial charge in [-0.1, -0.05) is 31.4 Å². The number of unbranched alkanes of at least 4 members (excludes halogenated alkanes) is 1. The highest BCUT2D eigenvalue weighted by molar-refractivity contribution is 4.96. The fourth-order valence-electron chi connectivity index (χ4n) is 1.02. The Balaban J connectivity index is 3.23. The molecule has 1 heteroatoms. The summed E-state index contributed by atoms with van der Waals surface area (Å²) in [7, 11) is 0. The molecule has 0 aromatic rings. The molecule has 0 radical (unpaired) electrons. The van der Waals surface area contributed by atoms with Crippen LogP contribution < -0.4 is 5.32 Å². The quantitative estimate of drug-likeness (QED) is 0.451. The molecule has 12 heavy (non-hydrogen) atoms. The first-order valence-corrected chi connectivity index (χ1v) is 4.45. The van der Waals surface area contributed by atoms with Gasteiger partial charge in [0.25, 0.3) is 0 Å². The van der Waals surface area contributed by atoms with Crippen molar-refractivity contribution in [2.75, 3.05) is 0 Å². The second kappa shape index (κ2) is 8.12. The lowest BCUT2D eigenvalue weighted by Gasteiger charge is -2.09. The van der Waals surface area contributed by atoms with E-state index in [9.17, 15) is 0 Å². The van der Waals surface area contributed by atoms with Gasteiger partial charge in [0.2, 0.25) is 0 Å². The van der Waals surface area contributed by atoms with Crippen LogP contribution in [-0.4, -0.2) is 6.04 Å². The molecule has 1 unspecified atom stereocenters. The van der Waals surface area contributed by atoms with E-state index >= 15 is 0 Å². The molecule has 0 aliphatic heterocycles. The molecule has 0 heterocycles. The second-order valence-corrected chi connectivity index (χ2v) is 2.87. The van der Waals surface area contributed by atoms with Gasteiger partial charge in [0, 0.05) is 6.04 Å². The highest BCUT2D eigenvalue weighted by Crippen LogP contribution is 2.00. The first-order valence-electron chi connectivity index (χ1n) is 4.45. The number of rotatable bonds is 7. The monoisotopic (exact) mass is 165 g/mol. The molecule has 0 aromatic carbocycles. The molecular formula is C11H19N. The van der Waals surface area contributed by atoms with E-state index in [0.717, 1.165) is 6.42 Å². The molecule has 0 aliphatic rings. The van der Waals surface area contributed by atoms with Crippen molar-refractivity contribution in [1.29, 1.82) is 0 Å². The van der Waals surface area contributed by atoms with Crippen molar-refractivity contribution in [3.05, 3.63) is 37.6 Å². The maximum absolute atomic E-state index is 3.62. The molecule has 0 fully saturated rings. The smallest absolute Gasteiger partial charge is 0.0227 e. The van der Waals surface area contributed by atoms with Crippen LogP contribution in [0.15, 0.2) is 37.6 Å². The summed E-state index contributed by atoms with van der Waals surface area (Å²) < 4.78 is 0. The van der Waals surface area contributed by atoms with Gasteiger partial charge in [-0.15, -0.1) is 0 Å². The van der Waals surface area contributed by atoms with Crippen LogP contribution in [0.25, 0.3) is 0 Å². The molecule has 68 valence electrons. The highest BCUT2D eigenvalue weighted by Gasteiger charge is 1.95. The summed E-state index contributed by atoms with van der Waals surface area (Å²) in [4.78, 5) is 0. The van der Waals surface area contributed by atoms with Gasteiger partial charge >= 0.3 is 0 Å². The molecule has 1 nitrogen and oxygen atoms in total.